The Balaban J connectivity index is 2.31. The van der Waals surface area contributed by atoms with Crippen molar-refractivity contribution in [2.45, 2.75) is 32.1 Å². The lowest BCUT2D eigenvalue weighted by molar-refractivity contribution is -0.117. The number of ketones is 1. The van der Waals surface area contributed by atoms with Gasteiger partial charge in [0.15, 0.2) is 0 Å². The van der Waals surface area contributed by atoms with Crippen LogP contribution in [0.1, 0.15) is 36.3 Å². The summed E-state index contributed by atoms with van der Waals surface area (Å²) in [7, 11) is 0. The van der Waals surface area contributed by atoms with Gasteiger partial charge in [0.1, 0.15) is 5.78 Å². The largest absolute Gasteiger partial charge is 0.300 e. The first-order valence-electron chi connectivity index (χ1n) is 4.94. The molecule has 14 heavy (non-hydrogen) atoms. The van der Waals surface area contributed by atoms with Crippen molar-refractivity contribution in [1.29, 1.82) is 0 Å². The van der Waals surface area contributed by atoms with E-state index in [-0.39, 0.29) is 0 Å². The summed E-state index contributed by atoms with van der Waals surface area (Å²) >= 11 is 5.95. The highest BCUT2D eigenvalue weighted by Crippen LogP contribution is 2.34. The van der Waals surface area contributed by atoms with Crippen molar-refractivity contribution in [1.82, 2.24) is 0 Å². The predicted octanol–water partition coefficient (Wildman–Crippen LogP) is 3.49. The van der Waals surface area contributed by atoms with E-state index in [1.165, 1.54) is 11.1 Å². The van der Waals surface area contributed by atoms with Crippen molar-refractivity contribution in [3.8, 4) is 0 Å². The van der Waals surface area contributed by atoms with Crippen LogP contribution in [-0.2, 0) is 4.79 Å². The van der Waals surface area contributed by atoms with Gasteiger partial charge in [0, 0.05) is 17.9 Å². The van der Waals surface area contributed by atoms with Crippen molar-refractivity contribution in [2.24, 2.45) is 0 Å². The summed E-state index contributed by atoms with van der Waals surface area (Å²) in [6.07, 6.45) is 2.41. The van der Waals surface area contributed by atoms with Crippen molar-refractivity contribution in [3.05, 3.63) is 34.3 Å². The van der Waals surface area contributed by atoms with Gasteiger partial charge in [-0.1, -0.05) is 17.7 Å². The summed E-state index contributed by atoms with van der Waals surface area (Å²) in [5.74, 6) is 0.788. The fraction of sp³-hybridized carbons (Fsp3) is 0.417. The third kappa shape index (κ3) is 1.83. The van der Waals surface area contributed by atoms with E-state index >= 15 is 0 Å². The van der Waals surface area contributed by atoms with E-state index in [2.05, 4.69) is 6.92 Å². The molecule has 0 aromatic heterocycles. The number of halogens is 1. The molecule has 0 N–H and O–H groups in total. The van der Waals surface area contributed by atoms with Crippen LogP contribution in [0.5, 0.6) is 0 Å². The SMILES string of the molecule is Cc1ccc(Cl)cc1C1CCC(=O)C1. The molecule has 1 unspecified atom stereocenters. The number of Topliss-reactive ketones (excluding diaryl/α,β-unsaturated/α-hetero) is 1. The summed E-state index contributed by atoms with van der Waals surface area (Å²) in [5.41, 5.74) is 2.50. The number of carbonyl (C=O) groups excluding carboxylic acids is 1. The highest BCUT2D eigenvalue weighted by atomic mass is 35.5. The quantitative estimate of drug-likeness (QED) is 0.691. The summed E-state index contributed by atoms with van der Waals surface area (Å²) in [6, 6.07) is 5.93. The zero-order chi connectivity index (χ0) is 10.1. The lowest BCUT2D eigenvalue weighted by atomic mass is 9.94. The second-order valence-electron chi connectivity index (χ2n) is 3.98. The summed E-state index contributed by atoms with van der Waals surface area (Å²) < 4.78 is 0. The molecule has 0 bridgehead atoms. The molecule has 1 aliphatic carbocycles. The summed E-state index contributed by atoms with van der Waals surface area (Å²) in [4.78, 5) is 11.2. The van der Waals surface area contributed by atoms with E-state index in [0.29, 0.717) is 18.1 Å². The molecular weight excluding hydrogens is 196 g/mol. The third-order valence-electron chi connectivity index (χ3n) is 2.93. The molecule has 0 saturated heterocycles. The topological polar surface area (TPSA) is 17.1 Å². The Hall–Kier alpha value is -0.820. The second kappa shape index (κ2) is 3.74. The van der Waals surface area contributed by atoms with Crippen molar-refractivity contribution < 1.29 is 4.79 Å². The van der Waals surface area contributed by atoms with E-state index < -0.39 is 0 Å². The third-order valence-corrected chi connectivity index (χ3v) is 3.16. The van der Waals surface area contributed by atoms with Crippen LogP contribution in [-0.4, -0.2) is 5.78 Å². The van der Waals surface area contributed by atoms with Gasteiger partial charge in [0.05, 0.1) is 0 Å². The van der Waals surface area contributed by atoms with Crippen LogP contribution in [0, 0.1) is 6.92 Å². The zero-order valence-electron chi connectivity index (χ0n) is 8.22. The lowest BCUT2D eigenvalue weighted by Crippen LogP contribution is -1.97. The van der Waals surface area contributed by atoms with Crippen LogP contribution in [0.3, 0.4) is 0 Å². The highest BCUT2D eigenvalue weighted by Gasteiger charge is 2.24. The maximum absolute atomic E-state index is 11.2. The van der Waals surface area contributed by atoms with Crippen LogP contribution in [0.15, 0.2) is 18.2 Å². The molecule has 1 atom stereocenters. The zero-order valence-corrected chi connectivity index (χ0v) is 8.97. The van der Waals surface area contributed by atoms with Gasteiger partial charge >= 0.3 is 0 Å². The van der Waals surface area contributed by atoms with Gasteiger partial charge in [0.25, 0.3) is 0 Å². The average molecular weight is 209 g/mol. The van der Waals surface area contributed by atoms with E-state index in [4.69, 9.17) is 11.6 Å². The monoisotopic (exact) mass is 208 g/mol. The smallest absolute Gasteiger partial charge is 0.133 e. The predicted molar refractivity (Wildman–Crippen MR) is 57.8 cm³/mol. The Morgan fingerprint density at radius 2 is 2.21 bits per heavy atom. The molecule has 1 nitrogen and oxygen atoms in total. The molecule has 1 fully saturated rings. The van der Waals surface area contributed by atoms with Crippen LogP contribution >= 0.6 is 11.6 Å². The van der Waals surface area contributed by atoms with E-state index in [1.807, 2.05) is 18.2 Å². The lowest BCUT2D eigenvalue weighted by Gasteiger charge is -2.12. The molecule has 2 heteroatoms. The van der Waals surface area contributed by atoms with Crippen LogP contribution in [0.2, 0.25) is 5.02 Å². The van der Waals surface area contributed by atoms with Crippen molar-refractivity contribution in [3.63, 3.8) is 0 Å². The van der Waals surface area contributed by atoms with Gasteiger partial charge in [-0.25, -0.2) is 0 Å². The fourth-order valence-corrected chi connectivity index (χ4v) is 2.31. The van der Waals surface area contributed by atoms with Crippen LogP contribution < -0.4 is 0 Å². The van der Waals surface area contributed by atoms with E-state index in [0.717, 1.165) is 17.9 Å². The number of hydrogen-bond acceptors (Lipinski definition) is 1. The maximum atomic E-state index is 11.2. The minimum absolute atomic E-state index is 0.384. The minimum atomic E-state index is 0.384. The van der Waals surface area contributed by atoms with Gasteiger partial charge in [-0.15, -0.1) is 0 Å². The normalized spacial score (nSPS) is 21.6. The number of carbonyl (C=O) groups is 1. The molecule has 2 rings (SSSR count). The molecule has 1 aromatic carbocycles. The number of rotatable bonds is 1. The van der Waals surface area contributed by atoms with Gasteiger partial charge < -0.3 is 0 Å². The highest BCUT2D eigenvalue weighted by molar-refractivity contribution is 6.30. The fourth-order valence-electron chi connectivity index (χ4n) is 2.13. The molecule has 0 amide bonds. The van der Waals surface area contributed by atoms with Crippen LogP contribution in [0.4, 0.5) is 0 Å². The Morgan fingerprint density at radius 3 is 2.86 bits per heavy atom. The molecule has 0 radical (unpaired) electrons. The van der Waals surface area contributed by atoms with E-state index in [9.17, 15) is 4.79 Å². The standard InChI is InChI=1S/C12H13ClO/c1-8-2-4-10(13)7-12(8)9-3-5-11(14)6-9/h2,4,7,9H,3,5-6H2,1H3. The first-order valence-corrected chi connectivity index (χ1v) is 5.32. The van der Waals surface area contributed by atoms with Crippen molar-refractivity contribution >= 4 is 17.4 Å². The summed E-state index contributed by atoms with van der Waals surface area (Å²) in [5, 5.41) is 0.768. The summed E-state index contributed by atoms with van der Waals surface area (Å²) in [6.45, 7) is 2.08. The maximum Gasteiger partial charge on any atom is 0.133 e. The van der Waals surface area contributed by atoms with Gasteiger partial charge in [-0.05, 0) is 42.5 Å². The molecule has 1 aromatic rings. The Kier molecular flexibility index (Phi) is 2.60. The minimum Gasteiger partial charge on any atom is -0.300 e. The Bertz CT molecular complexity index is 371. The number of aryl methyl sites for hydroxylation is 1. The molecule has 0 heterocycles. The molecule has 0 aliphatic heterocycles. The first kappa shape index (κ1) is 9.72. The first-order chi connectivity index (χ1) is 6.66. The van der Waals surface area contributed by atoms with Gasteiger partial charge in [-0.2, -0.15) is 0 Å². The van der Waals surface area contributed by atoms with Crippen LogP contribution in [0.25, 0.3) is 0 Å². The van der Waals surface area contributed by atoms with Gasteiger partial charge in [-0.3, -0.25) is 4.79 Å². The number of hydrogen-bond donors (Lipinski definition) is 0. The second-order valence-corrected chi connectivity index (χ2v) is 4.42. The molecule has 0 spiro atoms. The van der Waals surface area contributed by atoms with Gasteiger partial charge in [0.2, 0.25) is 0 Å². The number of benzene rings is 1. The molecular formula is C12H13ClO. The molecule has 1 saturated carbocycles. The van der Waals surface area contributed by atoms with E-state index in [1.54, 1.807) is 0 Å². The Labute approximate surface area is 89.1 Å². The Morgan fingerprint density at radius 1 is 1.43 bits per heavy atom. The average Bonchev–Trinajstić information content (AvgIpc) is 2.56. The molecule has 74 valence electrons. The molecule has 1 aliphatic rings. The van der Waals surface area contributed by atoms with Crippen molar-refractivity contribution in [2.75, 3.05) is 0 Å².